The van der Waals surface area contributed by atoms with E-state index in [2.05, 4.69) is 41.4 Å². The molecule has 2 aromatic rings. The van der Waals surface area contributed by atoms with Gasteiger partial charge in [-0.3, -0.25) is 0 Å². The Balaban J connectivity index is 2.10. The van der Waals surface area contributed by atoms with Crippen molar-refractivity contribution < 1.29 is 4.52 Å². The quantitative estimate of drug-likeness (QED) is 0.840. The van der Waals surface area contributed by atoms with E-state index in [-0.39, 0.29) is 6.04 Å². The van der Waals surface area contributed by atoms with E-state index in [1.54, 1.807) is 0 Å². The molecule has 0 amide bonds. The zero-order valence-electron chi connectivity index (χ0n) is 12.3. The number of hydrogen-bond donors (Lipinski definition) is 1. The van der Waals surface area contributed by atoms with Gasteiger partial charge in [0.1, 0.15) is 0 Å². The molecule has 5 heteroatoms. The van der Waals surface area contributed by atoms with Gasteiger partial charge >= 0.3 is 0 Å². The lowest BCUT2D eigenvalue weighted by Gasteiger charge is -2.16. The van der Waals surface area contributed by atoms with Crippen molar-refractivity contribution in [2.24, 2.45) is 0 Å². The minimum absolute atomic E-state index is 0.196. The predicted molar refractivity (Wildman–Crippen MR) is 79.8 cm³/mol. The number of benzene rings is 1. The second-order valence-electron chi connectivity index (χ2n) is 4.73. The number of nitrogens with zero attached hydrogens (tertiary/aromatic N) is 3. The monoisotopic (exact) mass is 274 g/mol. The van der Waals surface area contributed by atoms with Gasteiger partial charge < -0.3 is 14.7 Å². The van der Waals surface area contributed by atoms with E-state index in [4.69, 9.17) is 4.52 Å². The van der Waals surface area contributed by atoms with Crippen molar-refractivity contribution in [1.29, 1.82) is 0 Å². The Kier molecular flexibility index (Phi) is 5.12. The molecule has 0 spiro atoms. The van der Waals surface area contributed by atoms with Crippen molar-refractivity contribution in [3.8, 4) is 0 Å². The summed E-state index contributed by atoms with van der Waals surface area (Å²) in [5.74, 6) is 1.31. The van der Waals surface area contributed by atoms with Gasteiger partial charge in [0.25, 0.3) is 5.95 Å². The SMILES string of the molecule is CCNC(Cc1nc(N(C)CC)no1)c1ccccc1. The maximum Gasteiger partial charge on any atom is 0.265 e. The molecule has 5 nitrogen and oxygen atoms in total. The zero-order valence-corrected chi connectivity index (χ0v) is 12.3. The third-order valence-corrected chi connectivity index (χ3v) is 3.30. The summed E-state index contributed by atoms with van der Waals surface area (Å²) in [7, 11) is 1.95. The van der Waals surface area contributed by atoms with Crippen LogP contribution < -0.4 is 10.2 Å². The number of anilines is 1. The fourth-order valence-corrected chi connectivity index (χ4v) is 2.04. The first-order chi connectivity index (χ1) is 9.74. The second-order valence-corrected chi connectivity index (χ2v) is 4.73. The minimum Gasteiger partial charge on any atom is -0.342 e. The maximum atomic E-state index is 5.34. The van der Waals surface area contributed by atoms with Crippen LogP contribution in [0.4, 0.5) is 5.95 Å². The van der Waals surface area contributed by atoms with Crippen molar-refractivity contribution in [2.45, 2.75) is 26.3 Å². The van der Waals surface area contributed by atoms with Crippen LogP contribution in [-0.4, -0.2) is 30.3 Å². The Labute approximate surface area is 120 Å². The van der Waals surface area contributed by atoms with Gasteiger partial charge in [-0.05, 0) is 24.2 Å². The van der Waals surface area contributed by atoms with Crippen LogP contribution in [0.15, 0.2) is 34.9 Å². The molecule has 0 radical (unpaired) electrons. The summed E-state index contributed by atoms with van der Waals surface area (Å²) >= 11 is 0. The Hall–Kier alpha value is -1.88. The van der Waals surface area contributed by atoms with E-state index in [1.807, 2.05) is 30.1 Å². The smallest absolute Gasteiger partial charge is 0.265 e. The van der Waals surface area contributed by atoms with Gasteiger partial charge in [0.15, 0.2) is 0 Å². The average molecular weight is 274 g/mol. The second kappa shape index (κ2) is 7.05. The fourth-order valence-electron chi connectivity index (χ4n) is 2.04. The van der Waals surface area contributed by atoms with E-state index < -0.39 is 0 Å². The van der Waals surface area contributed by atoms with Crippen LogP contribution >= 0.6 is 0 Å². The normalized spacial score (nSPS) is 12.3. The molecule has 0 saturated carbocycles. The molecular weight excluding hydrogens is 252 g/mol. The van der Waals surface area contributed by atoms with E-state index in [0.29, 0.717) is 18.3 Å². The Morgan fingerprint density at radius 3 is 2.65 bits per heavy atom. The Morgan fingerprint density at radius 1 is 1.25 bits per heavy atom. The van der Waals surface area contributed by atoms with Gasteiger partial charge in [-0.1, -0.05) is 37.3 Å². The molecule has 0 aliphatic heterocycles. The standard InChI is InChI=1S/C15H22N4O/c1-4-16-13(12-9-7-6-8-10-12)11-14-17-15(18-20-14)19(3)5-2/h6-10,13,16H,4-5,11H2,1-3H3. The highest BCUT2D eigenvalue weighted by atomic mass is 16.5. The van der Waals surface area contributed by atoms with Crippen molar-refractivity contribution in [3.63, 3.8) is 0 Å². The summed E-state index contributed by atoms with van der Waals surface area (Å²) < 4.78 is 5.34. The van der Waals surface area contributed by atoms with Crippen LogP contribution in [0.1, 0.15) is 31.3 Å². The molecule has 1 atom stereocenters. The zero-order chi connectivity index (χ0) is 14.4. The number of aromatic nitrogens is 2. The Bertz CT molecular complexity index is 512. The lowest BCUT2D eigenvalue weighted by atomic mass is 10.0. The molecule has 0 fully saturated rings. The first kappa shape index (κ1) is 14.5. The molecule has 1 heterocycles. The summed E-state index contributed by atoms with van der Waals surface area (Å²) in [6, 6.07) is 10.5. The van der Waals surface area contributed by atoms with E-state index in [1.165, 1.54) is 5.56 Å². The summed E-state index contributed by atoms with van der Waals surface area (Å²) in [4.78, 5) is 6.39. The summed E-state index contributed by atoms with van der Waals surface area (Å²) in [5, 5.41) is 7.46. The predicted octanol–water partition coefficient (Wildman–Crippen LogP) is 2.42. The van der Waals surface area contributed by atoms with E-state index in [9.17, 15) is 0 Å². The molecule has 1 aromatic heterocycles. The fraction of sp³-hybridized carbons (Fsp3) is 0.467. The molecule has 0 saturated heterocycles. The third-order valence-electron chi connectivity index (χ3n) is 3.30. The maximum absolute atomic E-state index is 5.34. The van der Waals surface area contributed by atoms with Gasteiger partial charge in [-0.25, -0.2) is 0 Å². The topological polar surface area (TPSA) is 54.2 Å². The molecular formula is C15H22N4O. The largest absolute Gasteiger partial charge is 0.342 e. The molecule has 0 bridgehead atoms. The third kappa shape index (κ3) is 3.57. The molecule has 20 heavy (non-hydrogen) atoms. The van der Waals surface area contributed by atoms with Crippen molar-refractivity contribution in [3.05, 3.63) is 41.8 Å². The van der Waals surface area contributed by atoms with Crippen molar-refractivity contribution in [2.75, 3.05) is 25.0 Å². The van der Waals surface area contributed by atoms with Gasteiger partial charge in [0.05, 0.1) is 0 Å². The van der Waals surface area contributed by atoms with E-state index >= 15 is 0 Å². The number of hydrogen-bond acceptors (Lipinski definition) is 5. The van der Waals surface area contributed by atoms with Crippen LogP contribution in [0, 0.1) is 0 Å². The molecule has 0 aliphatic rings. The number of likely N-dealkylation sites (N-methyl/N-ethyl adjacent to an activating group) is 1. The number of rotatable bonds is 7. The van der Waals surface area contributed by atoms with Gasteiger partial charge in [-0.2, -0.15) is 4.98 Å². The molecule has 1 unspecified atom stereocenters. The minimum atomic E-state index is 0.196. The van der Waals surface area contributed by atoms with Gasteiger partial charge in [0, 0.05) is 26.1 Å². The van der Waals surface area contributed by atoms with Crippen LogP contribution in [-0.2, 0) is 6.42 Å². The van der Waals surface area contributed by atoms with Gasteiger partial charge in [-0.15, -0.1) is 0 Å². The Morgan fingerprint density at radius 2 is 2.00 bits per heavy atom. The number of nitrogens with one attached hydrogen (secondary N) is 1. The molecule has 0 aliphatic carbocycles. The van der Waals surface area contributed by atoms with Crippen molar-refractivity contribution in [1.82, 2.24) is 15.5 Å². The van der Waals surface area contributed by atoms with Crippen LogP contribution in [0.25, 0.3) is 0 Å². The summed E-state index contributed by atoms with van der Waals surface area (Å²) in [6.45, 7) is 5.91. The van der Waals surface area contributed by atoms with Crippen LogP contribution in [0.3, 0.4) is 0 Å². The van der Waals surface area contributed by atoms with Crippen molar-refractivity contribution >= 4 is 5.95 Å². The average Bonchev–Trinajstić information content (AvgIpc) is 2.95. The highest BCUT2D eigenvalue weighted by molar-refractivity contribution is 5.26. The van der Waals surface area contributed by atoms with Crippen LogP contribution in [0.5, 0.6) is 0 Å². The van der Waals surface area contributed by atoms with Crippen LogP contribution in [0.2, 0.25) is 0 Å². The molecule has 1 aromatic carbocycles. The first-order valence-corrected chi connectivity index (χ1v) is 7.06. The summed E-state index contributed by atoms with van der Waals surface area (Å²) in [6.07, 6.45) is 0.697. The molecule has 2 rings (SSSR count). The van der Waals surface area contributed by atoms with E-state index in [0.717, 1.165) is 13.1 Å². The molecule has 1 N–H and O–H groups in total. The molecule has 108 valence electrons. The van der Waals surface area contributed by atoms with Gasteiger partial charge in [0.2, 0.25) is 5.89 Å². The highest BCUT2D eigenvalue weighted by Crippen LogP contribution is 2.18. The first-order valence-electron chi connectivity index (χ1n) is 7.06. The lowest BCUT2D eigenvalue weighted by molar-refractivity contribution is 0.359. The summed E-state index contributed by atoms with van der Waals surface area (Å²) in [5.41, 5.74) is 1.23. The lowest BCUT2D eigenvalue weighted by Crippen LogP contribution is -2.23. The highest BCUT2D eigenvalue weighted by Gasteiger charge is 2.16.